The van der Waals surface area contributed by atoms with E-state index in [1.54, 1.807) is 18.2 Å². The maximum absolute atomic E-state index is 14.9. The Labute approximate surface area is 200 Å². The van der Waals surface area contributed by atoms with Crippen molar-refractivity contribution in [3.63, 3.8) is 0 Å². The van der Waals surface area contributed by atoms with Crippen LogP contribution in [0.2, 0.25) is 0 Å². The number of fused-ring (bicyclic) bond motifs is 3. The third kappa shape index (κ3) is 4.03. The molecule has 7 heteroatoms. The zero-order valence-electron chi connectivity index (χ0n) is 18.7. The molecule has 0 spiro atoms. The molecule has 6 nitrogen and oxygen atoms in total. The first-order valence-electron chi connectivity index (χ1n) is 11.6. The number of rotatable bonds is 6. The maximum Gasteiger partial charge on any atom is 0.304 e. The predicted octanol–water partition coefficient (Wildman–Crippen LogP) is 6.18. The van der Waals surface area contributed by atoms with E-state index in [9.17, 15) is 9.18 Å². The summed E-state index contributed by atoms with van der Waals surface area (Å²) in [5, 5.41) is 10.1. The van der Waals surface area contributed by atoms with Gasteiger partial charge in [0.25, 0.3) is 0 Å². The SMILES string of the molecule is O=C(O)CC1COc2cc(OC3CCc4c(Oc5ccc6ccccc6n5)ccc(F)c43)ccc21. The Balaban J connectivity index is 1.24. The molecule has 2 aliphatic rings. The van der Waals surface area contributed by atoms with Crippen LogP contribution in [0.4, 0.5) is 4.39 Å². The molecule has 4 aromatic rings. The quantitative estimate of drug-likeness (QED) is 0.362. The molecule has 1 aliphatic carbocycles. The van der Waals surface area contributed by atoms with E-state index >= 15 is 0 Å². The van der Waals surface area contributed by atoms with Crippen molar-refractivity contribution in [3.05, 3.63) is 89.2 Å². The van der Waals surface area contributed by atoms with Gasteiger partial charge in [-0.25, -0.2) is 9.37 Å². The van der Waals surface area contributed by atoms with Crippen molar-refractivity contribution >= 4 is 16.9 Å². The Morgan fingerprint density at radius 2 is 2.00 bits per heavy atom. The van der Waals surface area contributed by atoms with Crippen molar-refractivity contribution in [3.8, 4) is 23.1 Å². The van der Waals surface area contributed by atoms with Gasteiger partial charge in [0, 0.05) is 40.1 Å². The molecule has 1 aromatic heterocycles. The lowest BCUT2D eigenvalue weighted by Gasteiger charge is -2.17. The monoisotopic (exact) mass is 471 g/mol. The summed E-state index contributed by atoms with van der Waals surface area (Å²) in [6.45, 7) is 0.329. The molecule has 0 amide bonds. The minimum atomic E-state index is -0.860. The van der Waals surface area contributed by atoms with E-state index in [1.807, 2.05) is 42.5 Å². The van der Waals surface area contributed by atoms with E-state index in [-0.39, 0.29) is 18.2 Å². The zero-order chi connectivity index (χ0) is 23.9. The number of carbonyl (C=O) groups is 1. The number of aromatic nitrogens is 1. The van der Waals surface area contributed by atoms with Gasteiger partial charge in [-0.15, -0.1) is 0 Å². The molecular formula is C28H22FNO5. The standard InChI is InChI=1S/C28H22FNO5/c29-21-9-11-23(35-26-12-5-16-3-1-2-4-22(16)30-26)20-8-10-24(28(20)21)34-18-6-7-19-17(13-27(31)32)15-33-25(19)14-18/h1-7,9,11-12,14,17,24H,8,10,13,15H2,(H,31,32). The molecule has 2 unspecified atom stereocenters. The van der Waals surface area contributed by atoms with Gasteiger partial charge in [0.1, 0.15) is 29.2 Å². The second-order valence-electron chi connectivity index (χ2n) is 8.83. The summed E-state index contributed by atoms with van der Waals surface area (Å²) in [5.74, 6) is 0.829. The average molecular weight is 471 g/mol. The van der Waals surface area contributed by atoms with Crippen LogP contribution in [0.25, 0.3) is 10.9 Å². The van der Waals surface area contributed by atoms with E-state index in [1.165, 1.54) is 6.07 Å². The van der Waals surface area contributed by atoms with Crippen LogP contribution in [-0.4, -0.2) is 22.7 Å². The van der Waals surface area contributed by atoms with Crippen LogP contribution in [0.3, 0.4) is 0 Å². The number of para-hydroxylation sites is 1. The summed E-state index contributed by atoms with van der Waals surface area (Å²) in [7, 11) is 0. The van der Waals surface area contributed by atoms with Gasteiger partial charge in [-0.05, 0) is 43.2 Å². The molecule has 176 valence electrons. The molecule has 0 bridgehead atoms. The highest BCUT2D eigenvalue weighted by molar-refractivity contribution is 5.78. The minimum Gasteiger partial charge on any atom is -0.492 e. The highest BCUT2D eigenvalue weighted by atomic mass is 19.1. The van der Waals surface area contributed by atoms with Crippen LogP contribution < -0.4 is 14.2 Å². The third-order valence-corrected chi connectivity index (χ3v) is 6.59. The number of aliphatic carboxylic acids is 1. The Hall–Kier alpha value is -4.13. The molecule has 0 saturated carbocycles. The molecule has 0 saturated heterocycles. The van der Waals surface area contributed by atoms with Crippen molar-refractivity contribution in [2.45, 2.75) is 31.3 Å². The van der Waals surface area contributed by atoms with Gasteiger partial charge >= 0.3 is 5.97 Å². The van der Waals surface area contributed by atoms with Crippen molar-refractivity contribution in [2.75, 3.05) is 6.61 Å². The fourth-order valence-corrected chi connectivity index (χ4v) is 4.95. The minimum absolute atomic E-state index is 0.0171. The normalized spacial score (nSPS) is 18.1. The second kappa shape index (κ2) is 8.58. The summed E-state index contributed by atoms with van der Waals surface area (Å²) in [6, 6.07) is 20.0. The molecule has 35 heavy (non-hydrogen) atoms. The number of hydrogen-bond acceptors (Lipinski definition) is 5. The summed E-state index contributed by atoms with van der Waals surface area (Å²) >= 11 is 0. The average Bonchev–Trinajstić information content (AvgIpc) is 3.45. The van der Waals surface area contributed by atoms with E-state index in [2.05, 4.69) is 4.98 Å². The molecule has 0 radical (unpaired) electrons. The van der Waals surface area contributed by atoms with Crippen LogP contribution in [0.1, 0.15) is 41.6 Å². The first-order chi connectivity index (χ1) is 17.0. The summed E-state index contributed by atoms with van der Waals surface area (Å²) < 4.78 is 32.9. The van der Waals surface area contributed by atoms with Crippen LogP contribution in [-0.2, 0) is 11.2 Å². The van der Waals surface area contributed by atoms with Crippen molar-refractivity contribution in [1.29, 1.82) is 0 Å². The van der Waals surface area contributed by atoms with Gasteiger partial charge in [-0.1, -0.05) is 24.3 Å². The lowest BCUT2D eigenvalue weighted by atomic mass is 9.98. The van der Waals surface area contributed by atoms with Crippen LogP contribution in [0.15, 0.2) is 66.7 Å². The summed E-state index contributed by atoms with van der Waals surface area (Å²) in [5.41, 5.74) is 2.96. The van der Waals surface area contributed by atoms with E-state index in [0.717, 1.165) is 22.0 Å². The Kier molecular flexibility index (Phi) is 5.25. The second-order valence-corrected chi connectivity index (χ2v) is 8.83. The number of pyridine rings is 1. The number of carboxylic acids is 1. The number of carboxylic acid groups (broad SMARTS) is 1. The maximum atomic E-state index is 14.9. The Morgan fingerprint density at radius 3 is 2.89 bits per heavy atom. The zero-order valence-corrected chi connectivity index (χ0v) is 18.7. The number of benzene rings is 3. The van der Waals surface area contributed by atoms with Crippen LogP contribution in [0.5, 0.6) is 23.1 Å². The van der Waals surface area contributed by atoms with E-state index in [4.69, 9.17) is 19.3 Å². The number of nitrogens with zero attached hydrogens (tertiary/aromatic N) is 1. The molecular weight excluding hydrogens is 449 g/mol. The third-order valence-electron chi connectivity index (χ3n) is 6.59. The summed E-state index contributed by atoms with van der Waals surface area (Å²) in [6.07, 6.45) is 0.774. The number of hydrogen-bond donors (Lipinski definition) is 1. The first-order valence-corrected chi connectivity index (χ1v) is 11.6. The predicted molar refractivity (Wildman–Crippen MR) is 127 cm³/mol. The van der Waals surface area contributed by atoms with E-state index < -0.39 is 12.1 Å². The van der Waals surface area contributed by atoms with Crippen molar-refractivity contribution in [1.82, 2.24) is 4.98 Å². The van der Waals surface area contributed by atoms with Crippen LogP contribution in [0, 0.1) is 5.82 Å². The van der Waals surface area contributed by atoms with Gasteiger partial charge in [-0.2, -0.15) is 0 Å². The number of halogens is 1. The largest absolute Gasteiger partial charge is 0.492 e. The first kappa shape index (κ1) is 21.4. The van der Waals surface area contributed by atoms with Gasteiger partial charge < -0.3 is 19.3 Å². The van der Waals surface area contributed by atoms with Gasteiger partial charge in [0.05, 0.1) is 18.5 Å². The molecule has 1 aliphatic heterocycles. The van der Waals surface area contributed by atoms with Gasteiger partial charge in [0.2, 0.25) is 5.88 Å². The fraction of sp³-hybridized carbons (Fsp3) is 0.214. The molecule has 3 aromatic carbocycles. The van der Waals surface area contributed by atoms with Crippen LogP contribution >= 0.6 is 0 Å². The van der Waals surface area contributed by atoms with Gasteiger partial charge in [-0.3, -0.25) is 4.79 Å². The topological polar surface area (TPSA) is 77.9 Å². The molecule has 2 atom stereocenters. The fourth-order valence-electron chi connectivity index (χ4n) is 4.95. The molecule has 2 heterocycles. The molecule has 0 fully saturated rings. The van der Waals surface area contributed by atoms with Gasteiger partial charge in [0.15, 0.2) is 0 Å². The van der Waals surface area contributed by atoms with Crippen molar-refractivity contribution < 1.29 is 28.5 Å². The highest BCUT2D eigenvalue weighted by Gasteiger charge is 2.32. The number of ether oxygens (including phenoxy) is 3. The highest BCUT2D eigenvalue weighted by Crippen LogP contribution is 2.44. The Bertz CT molecular complexity index is 1450. The molecule has 6 rings (SSSR count). The Morgan fingerprint density at radius 1 is 1.11 bits per heavy atom. The smallest absolute Gasteiger partial charge is 0.304 e. The lowest BCUT2D eigenvalue weighted by molar-refractivity contribution is -0.137. The molecule has 1 N–H and O–H groups in total. The summed E-state index contributed by atoms with van der Waals surface area (Å²) in [4.78, 5) is 15.6. The lowest BCUT2D eigenvalue weighted by Crippen LogP contribution is -2.07. The van der Waals surface area contributed by atoms with Crippen molar-refractivity contribution in [2.24, 2.45) is 0 Å². The van der Waals surface area contributed by atoms with E-state index in [0.29, 0.717) is 48.1 Å².